The molecule has 0 N–H and O–H groups in total. The van der Waals surface area contributed by atoms with E-state index in [2.05, 4.69) is 9.98 Å². The van der Waals surface area contributed by atoms with Gasteiger partial charge >= 0.3 is 0 Å². The highest BCUT2D eigenvalue weighted by molar-refractivity contribution is 6.05. The highest BCUT2D eigenvalue weighted by atomic mass is 19.3. The Kier molecular flexibility index (Phi) is 4.42. The summed E-state index contributed by atoms with van der Waals surface area (Å²) in [7, 11) is 1.61. The van der Waals surface area contributed by atoms with Crippen LogP contribution in [-0.4, -0.2) is 30.6 Å². The lowest BCUT2D eigenvalue weighted by Crippen LogP contribution is -2.13. The van der Waals surface area contributed by atoms with Crippen molar-refractivity contribution in [1.29, 1.82) is 0 Å². The number of carbonyl (C=O) groups excluding carboxylic acids is 1. The third kappa shape index (κ3) is 3.00. The lowest BCUT2D eigenvalue weighted by atomic mass is 9.99. The van der Waals surface area contributed by atoms with Gasteiger partial charge in [-0.3, -0.25) is 9.79 Å². The van der Waals surface area contributed by atoms with Gasteiger partial charge in [-0.1, -0.05) is 0 Å². The van der Waals surface area contributed by atoms with Crippen molar-refractivity contribution >= 4 is 12.0 Å². The molecule has 1 saturated carbocycles. The Morgan fingerprint density at radius 2 is 2.30 bits per heavy atom. The van der Waals surface area contributed by atoms with Gasteiger partial charge in [-0.15, -0.1) is 0 Å². The fraction of sp³-hybridized carbons (Fsp3) is 0.500. The summed E-state index contributed by atoms with van der Waals surface area (Å²) in [6.45, 7) is 1.45. The summed E-state index contributed by atoms with van der Waals surface area (Å²) in [5.41, 5.74) is 1.43. The van der Waals surface area contributed by atoms with E-state index in [0.29, 0.717) is 23.3 Å². The highest BCUT2D eigenvalue weighted by Crippen LogP contribution is 2.37. The fourth-order valence-corrected chi connectivity index (χ4v) is 2.22. The molecule has 6 heteroatoms. The second-order valence-corrected chi connectivity index (χ2v) is 4.67. The summed E-state index contributed by atoms with van der Waals surface area (Å²) in [6.07, 6.45) is -0.146. The van der Waals surface area contributed by atoms with Crippen LogP contribution in [-0.2, 0) is 4.79 Å². The molecule has 1 aliphatic carbocycles. The molecule has 0 aliphatic heterocycles. The van der Waals surface area contributed by atoms with Crippen LogP contribution in [0.1, 0.15) is 36.1 Å². The summed E-state index contributed by atoms with van der Waals surface area (Å²) in [6, 6.07) is 1.20. The van der Waals surface area contributed by atoms with Crippen LogP contribution in [0.5, 0.6) is 5.88 Å². The van der Waals surface area contributed by atoms with E-state index in [1.165, 1.54) is 6.07 Å². The van der Waals surface area contributed by atoms with E-state index in [4.69, 9.17) is 4.74 Å². The van der Waals surface area contributed by atoms with Gasteiger partial charge in [-0.25, -0.2) is 13.8 Å². The monoisotopic (exact) mass is 282 g/mol. The van der Waals surface area contributed by atoms with Crippen molar-refractivity contribution in [2.75, 3.05) is 13.7 Å². The Morgan fingerprint density at radius 3 is 2.80 bits per heavy atom. The van der Waals surface area contributed by atoms with E-state index >= 15 is 0 Å². The van der Waals surface area contributed by atoms with Gasteiger partial charge in [0.2, 0.25) is 5.88 Å². The number of aldehydes is 1. The van der Waals surface area contributed by atoms with Crippen LogP contribution >= 0.6 is 0 Å². The molecule has 0 aromatic carbocycles. The Bertz CT molecular complexity index is 540. The first-order chi connectivity index (χ1) is 9.58. The van der Waals surface area contributed by atoms with Gasteiger partial charge in [0.15, 0.2) is 6.29 Å². The van der Waals surface area contributed by atoms with Crippen LogP contribution in [0.2, 0.25) is 0 Å². The van der Waals surface area contributed by atoms with Crippen molar-refractivity contribution in [1.82, 2.24) is 4.98 Å². The first kappa shape index (κ1) is 14.6. The number of aromatic nitrogens is 1. The van der Waals surface area contributed by atoms with E-state index in [1.807, 2.05) is 0 Å². The molecule has 0 bridgehead atoms. The average molecular weight is 282 g/mol. The average Bonchev–Trinajstić information content (AvgIpc) is 3.23. The SMILES string of the molecule is CN=C(c1c(C(F)F)cc(OCC=O)nc1C)C1CC1. The summed E-state index contributed by atoms with van der Waals surface area (Å²) in [4.78, 5) is 18.6. The zero-order valence-electron chi connectivity index (χ0n) is 11.4. The quantitative estimate of drug-likeness (QED) is 0.595. The van der Waals surface area contributed by atoms with E-state index in [0.717, 1.165) is 12.8 Å². The Morgan fingerprint density at radius 1 is 1.60 bits per heavy atom. The molecule has 4 nitrogen and oxygen atoms in total. The molecule has 1 aromatic rings. The number of carbonyl (C=O) groups is 1. The molecule has 0 atom stereocenters. The number of aryl methyl sites for hydroxylation is 1. The van der Waals surface area contributed by atoms with Gasteiger partial charge in [0.05, 0.1) is 5.69 Å². The van der Waals surface area contributed by atoms with Crippen molar-refractivity contribution < 1.29 is 18.3 Å². The van der Waals surface area contributed by atoms with Gasteiger partial charge in [-0.05, 0) is 19.8 Å². The second kappa shape index (κ2) is 6.07. The third-order valence-corrected chi connectivity index (χ3v) is 3.20. The Balaban J connectivity index is 2.46. The molecule has 108 valence electrons. The zero-order valence-corrected chi connectivity index (χ0v) is 11.4. The maximum absolute atomic E-state index is 13.3. The largest absolute Gasteiger partial charge is 0.470 e. The molecule has 1 aromatic heterocycles. The van der Waals surface area contributed by atoms with Crippen molar-refractivity contribution in [3.8, 4) is 5.88 Å². The smallest absolute Gasteiger partial charge is 0.264 e. The molecular formula is C14H16F2N2O2. The maximum atomic E-state index is 13.3. The Labute approximate surface area is 115 Å². The Hall–Kier alpha value is -1.85. The number of halogens is 2. The van der Waals surface area contributed by atoms with Gasteiger partial charge in [0.1, 0.15) is 6.61 Å². The minimum Gasteiger partial charge on any atom is -0.470 e. The first-order valence-electron chi connectivity index (χ1n) is 6.41. The molecular weight excluding hydrogens is 266 g/mol. The molecule has 0 amide bonds. The van der Waals surface area contributed by atoms with E-state index < -0.39 is 6.43 Å². The summed E-state index contributed by atoms with van der Waals surface area (Å²) in [5.74, 6) is 0.291. The molecule has 0 unspecified atom stereocenters. The molecule has 1 aliphatic rings. The van der Waals surface area contributed by atoms with Gasteiger partial charge in [-0.2, -0.15) is 0 Å². The number of pyridine rings is 1. The zero-order chi connectivity index (χ0) is 14.7. The molecule has 1 heterocycles. The third-order valence-electron chi connectivity index (χ3n) is 3.20. The van der Waals surface area contributed by atoms with E-state index in [1.54, 1.807) is 14.0 Å². The number of alkyl halides is 2. The number of nitrogens with zero attached hydrogens (tertiary/aromatic N) is 2. The molecule has 1 fully saturated rings. The number of aliphatic imine (C=N–C) groups is 1. The predicted octanol–water partition coefficient (Wildman–Crippen LogP) is 2.73. The molecule has 0 radical (unpaired) electrons. The highest BCUT2D eigenvalue weighted by Gasteiger charge is 2.32. The van der Waals surface area contributed by atoms with Crippen LogP contribution in [0.4, 0.5) is 8.78 Å². The van der Waals surface area contributed by atoms with Gasteiger partial charge in [0, 0.05) is 35.9 Å². The topological polar surface area (TPSA) is 51.5 Å². The standard InChI is InChI=1S/C14H16F2N2O2/c1-8-12(13(17-2)9-3-4-9)10(14(15)16)7-11(18-8)20-6-5-19/h5,7,9,14H,3-4,6H2,1-2H3. The maximum Gasteiger partial charge on any atom is 0.264 e. The number of hydrogen-bond donors (Lipinski definition) is 0. The van der Waals surface area contributed by atoms with E-state index in [9.17, 15) is 13.6 Å². The number of hydrogen-bond acceptors (Lipinski definition) is 4. The summed E-state index contributed by atoms with van der Waals surface area (Å²) in [5, 5.41) is 0. The fourth-order valence-electron chi connectivity index (χ4n) is 2.22. The van der Waals surface area contributed by atoms with Crippen LogP contribution in [0.25, 0.3) is 0 Å². The lowest BCUT2D eigenvalue weighted by Gasteiger charge is -2.15. The molecule has 0 saturated heterocycles. The first-order valence-corrected chi connectivity index (χ1v) is 6.41. The number of ether oxygens (including phenoxy) is 1. The normalized spacial score (nSPS) is 15.6. The molecule has 0 spiro atoms. The van der Waals surface area contributed by atoms with Crippen LogP contribution in [0.3, 0.4) is 0 Å². The lowest BCUT2D eigenvalue weighted by molar-refractivity contribution is -0.109. The molecule has 2 rings (SSSR count). The van der Waals surface area contributed by atoms with Crippen LogP contribution < -0.4 is 4.74 Å². The van der Waals surface area contributed by atoms with Crippen LogP contribution in [0, 0.1) is 12.8 Å². The summed E-state index contributed by atoms with van der Waals surface area (Å²) < 4.78 is 31.6. The van der Waals surface area contributed by atoms with Crippen molar-refractivity contribution in [2.24, 2.45) is 10.9 Å². The van der Waals surface area contributed by atoms with Crippen molar-refractivity contribution in [3.05, 3.63) is 22.9 Å². The number of rotatable bonds is 6. The second-order valence-electron chi connectivity index (χ2n) is 4.67. The van der Waals surface area contributed by atoms with Gasteiger partial charge < -0.3 is 4.74 Å². The minimum absolute atomic E-state index is 0.0416. The minimum atomic E-state index is -2.64. The van der Waals surface area contributed by atoms with Gasteiger partial charge in [0.25, 0.3) is 6.43 Å². The predicted molar refractivity (Wildman–Crippen MR) is 70.7 cm³/mol. The summed E-state index contributed by atoms with van der Waals surface area (Å²) >= 11 is 0. The van der Waals surface area contributed by atoms with E-state index in [-0.39, 0.29) is 24.0 Å². The van der Waals surface area contributed by atoms with Crippen molar-refractivity contribution in [3.63, 3.8) is 0 Å². The molecule has 20 heavy (non-hydrogen) atoms. The van der Waals surface area contributed by atoms with Crippen molar-refractivity contribution in [2.45, 2.75) is 26.2 Å². The van der Waals surface area contributed by atoms with Crippen LogP contribution in [0.15, 0.2) is 11.1 Å².